The molecular formula is C23H25N3O4. The number of rotatable bonds is 5. The Balaban J connectivity index is 1.48. The maximum absolute atomic E-state index is 12.6. The highest BCUT2D eigenvalue weighted by molar-refractivity contribution is 6.05. The smallest absolute Gasteiger partial charge is 0.265 e. The number of benzene rings is 2. The van der Waals surface area contributed by atoms with Crippen LogP contribution in [0.5, 0.6) is 5.75 Å². The summed E-state index contributed by atoms with van der Waals surface area (Å²) in [5.41, 5.74) is 1.74. The standard InChI is InChI=1S/C23H25N3O4/c27-21(24-17-9-5-2-6-10-17)14-26-19-13-18(11-12-20(19)30-15-22(26)28)25-23(29)16-7-3-1-4-8-16/h2,5-6,9-13,16H,1,3-4,7-8,14-15H2,(H,24,27)(H,25,29). The van der Waals surface area contributed by atoms with Crippen LogP contribution in [0.25, 0.3) is 0 Å². The fourth-order valence-corrected chi connectivity index (χ4v) is 3.93. The van der Waals surface area contributed by atoms with E-state index in [1.165, 1.54) is 11.3 Å². The maximum Gasteiger partial charge on any atom is 0.265 e. The van der Waals surface area contributed by atoms with Crippen LogP contribution in [-0.4, -0.2) is 30.9 Å². The predicted octanol–water partition coefficient (Wildman–Crippen LogP) is 3.57. The quantitative estimate of drug-likeness (QED) is 0.793. The monoisotopic (exact) mass is 407 g/mol. The van der Waals surface area contributed by atoms with Crippen molar-refractivity contribution < 1.29 is 19.1 Å². The second-order valence-electron chi connectivity index (χ2n) is 7.69. The molecule has 3 amide bonds. The summed E-state index contributed by atoms with van der Waals surface area (Å²) in [6.07, 6.45) is 5.15. The van der Waals surface area contributed by atoms with Gasteiger partial charge in [0.1, 0.15) is 12.3 Å². The van der Waals surface area contributed by atoms with Gasteiger partial charge in [0, 0.05) is 17.3 Å². The molecule has 0 bridgehead atoms. The van der Waals surface area contributed by atoms with Gasteiger partial charge in [-0.15, -0.1) is 0 Å². The number of nitrogens with one attached hydrogen (secondary N) is 2. The van der Waals surface area contributed by atoms with E-state index < -0.39 is 0 Å². The van der Waals surface area contributed by atoms with E-state index in [1.807, 2.05) is 18.2 Å². The van der Waals surface area contributed by atoms with Gasteiger partial charge in [0.25, 0.3) is 5.91 Å². The molecule has 1 saturated carbocycles. The van der Waals surface area contributed by atoms with Crippen LogP contribution in [-0.2, 0) is 14.4 Å². The molecule has 0 aromatic heterocycles. The van der Waals surface area contributed by atoms with Gasteiger partial charge in [-0.2, -0.15) is 0 Å². The minimum atomic E-state index is -0.306. The van der Waals surface area contributed by atoms with Crippen LogP contribution in [0.15, 0.2) is 48.5 Å². The molecule has 4 rings (SSSR count). The first-order valence-corrected chi connectivity index (χ1v) is 10.3. The lowest BCUT2D eigenvalue weighted by Gasteiger charge is -2.29. The molecule has 2 aliphatic rings. The molecule has 156 valence electrons. The Labute approximate surface area is 175 Å². The minimum absolute atomic E-state index is 0.00562. The van der Waals surface area contributed by atoms with Gasteiger partial charge in [-0.3, -0.25) is 19.3 Å². The summed E-state index contributed by atoms with van der Waals surface area (Å²) in [7, 11) is 0. The van der Waals surface area contributed by atoms with Crippen molar-refractivity contribution in [2.75, 3.05) is 28.7 Å². The molecule has 0 radical (unpaired) electrons. The second kappa shape index (κ2) is 8.98. The molecule has 1 aliphatic heterocycles. The largest absolute Gasteiger partial charge is 0.482 e. The molecule has 30 heavy (non-hydrogen) atoms. The molecule has 0 atom stereocenters. The van der Waals surface area contributed by atoms with E-state index in [2.05, 4.69) is 10.6 Å². The number of fused-ring (bicyclic) bond motifs is 1. The summed E-state index contributed by atoms with van der Waals surface area (Å²) in [5, 5.41) is 5.74. The maximum atomic E-state index is 12.6. The first kappa shape index (κ1) is 19.9. The van der Waals surface area contributed by atoms with Gasteiger partial charge in [0.15, 0.2) is 6.61 Å². The van der Waals surface area contributed by atoms with Gasteiger partial charge < -0.3 is 15.4 Å². The Morgan fingerprint density at radius 2 is 1.73 bits per heavy atom. The molecule has 2 aromatic carbocycles. The number of hydrogen-bond donors (Lipinski definition) is 2. The van der Waals surface area contributed by atoms with Gasteiger partial charge in [-0.05, 0) is 43.2 Å². The molecular weight excluding hydrogens is 382 g/mol. The van der Waals surface area contributed by atoms with Crippen LogP contribution < -0.4 is 20.3 Å². The fourth-order valence-electron chi connectivity index (χ4n) is 3.93. The van der Waals surface area contributed by atoms with Gasteiger partial charge in [0.05, 0.1) is 5.69 Å². The number of nitrogens with zero attached hydrogens (tertiary/aromatic N) is 1. The Morgan fingerprint density at radius 3 is 2.50 bits per heavy atom. The number of carbonyl (C=O) groups excluding carboxylic acids is 3. The summed E-state index contributed by atoms with van der Waals surface area (Å²) in [5.74, 6) is -0.0650. The van der Waals surface area contributed by atoms with Crippen molar-refractivity contribution in [1.82, 2.24) is 0 Å². The third-order valence-corrected chi connectivity index (χ3v) is 5.50. The average molecular weight is 407 g/mol. The molecule has 1 fully saturated rings. The van der Waals surface area contributed by atoms with E-state index >= 15 is 0 Å². The Bertz CT molecular complexity index is 939. The highest BCUT2D eigenvalue weighted by Crippen LogP contribution is 2.35. The number of anilines is 3. The molecule has 1 aliphatic carbocycles. The topological polar surface area (TPSA) is 87.7 Å². The lowest BCUT2D eigenvalue weighted by molar-refractivity contribution is -0.123. The molecule has 7 heteroatoms. The Morgan fingerprint density at radius 1 is 0.967 bits per heavy atom. The lowest BCUT2D eigenvalue weighted by atomic mass is 9.88. The molecule has 0 spiro atoms. The molecule has 1 heterocycles. The van der Waals surface area contributed by atoms with Crippen LogP contribution in [0.2, 0.25) is 0 Å². The van der Waals surface area contributed by atoms with Crippen molar-refractivity contribution >= 4 is 34.8 Å². The Kier molecular flexibility index (Phi) is 5.97. The van der Waals surface area contributed by atoms with Crippen molar-refractivity contribution in [2.24, 2.45) is 5.92 Å². The van der Waals surface area contributed by atoms with E-state index in [-0.39, 0.29) is 36.8 Å². The van der Waals surface area contributed by atoms with Crippen LogP contribution in [0.4, 0.5) is 17.1 Å². The molecule has 7 nitrogen and oxygen atoms in total. The number of para-hydroxylation sites is 1. The van der Waals surface area contributed by atoms with E-state index in [0.717, 1.165) is 25.7 Å². The first-order chi connectivity index (χ1) is 14.6. The summed E-state index contributed by atoms with van der Waals surface area (Å²) in [4.78, 5) is 38.9. The van der Waals surface area contributed by atoms with Gasteiger partial charge in [-0.1, -0.05) is 37.5 Å². The van der Waals surface area contributed by atoms with E-state index in [9.17, 15) is 14.4 Å². The van der Waals surface area contributed by atoms with Gasteiger partial charge >= 0.3 is 0 Å². The van der Waals surface area contributed by atoms with Crippen LogP contribution in [0.3, 0.4) is 0 Å². The molecule has 0 unspecified atom stereocenters. The number of hydrogen-bond acceptors (Lipinski definition) is 4. The third kappa shape index (κ3) is 4.62. The minimum Gasteiger partial charge on any atom is -0.482 e. The summed E-state index contributed by atoms with van der Waals surface area (Å²) in [6.45, 7) is -0.260. The average Bonchev–Trinajstić information content (AvgIpc) is 2.77. The van der Waals surface area contributed by atoms with E-state index in [0.29, 0.717) is 22.8 Å². The zero-order chi connectivity index (χ0) is 20.9. The van der Waals surface area contributed by atoms with E-state index in [4.69, 9.17) is 4.74 Å². The highest BCUT2D eigenvalue weighted by atomic mass is 16.5. The third-order valence-electron chi connectivity index (χ3n) is 5.50. The lowest BCUT2D eigenvalue weighted by Crippen LogP contribution is -2.43. The summed E-state index contributed by atoms with van der Waals surface area (Å²) in [6, 6.07) is 14.3. The molecule has 0 saturated heterocycles. The number of ether oxygens (including phenoxy) is 1. The first-order valence-electron chi connectivity index (χ1n) is 10.3. The van der Waals surface area contributed by atoms with Crippen molar-refractivity contribution in [3.8, 4) is 5.75 Å². The number of amides is 3. The normalized spacial score (nSPS) is 16.4. The van der Waals surface area contributed by atoms with E-state index in [1.54, 1.807) is 30.3 Å². The van der Waals surface area contributed by atoms with Crippen LogP contribution >= 0.6 is 0 Å². The highest BCUT2D eigenvalue weighted by Gasteiger charge is 2.28. The zero-order valence-electron chi connectivity index (χ0n) is 16.7. The van der Waals surface area contributed by atoms with Gasteiger partial charge in [-0.25, -0.2) is 0 Å². The van der Waals surface area contributed by atoms with Crippen molar-refractivity contribution in [3.05, 3.63) is 48.5 Å². The number of carbonyl (C=O) groups is 3. The van der Waals surface area contributed by atoms with Crippen LogP contribution in [0, 0.1) is 5.92 Å². The predicted molar refractivity (Wildman–Crippen MR) is 115 cm³/mol. The fraction of sp³-hybridized carbons (Fsp3) is 0.348. The second-order valence-corrected chi connectivity index (χ2v) is 7.69. The summed E-state index contributed by atoms with van der Waals surface area (Å²) >= 11 is 0. The van der Waals surface area contributed by atoms with Gasteiger partial charge in [0.2, 0.25) is 11.8 Å². The Hall–Kier alpha value is -3.35. The van der Waals surface area contributed by atoms with Crippen LogP contribution in [0.1, 0.15) is 32.1 Å². The van der Waals surface area contributed by atoms with Crippen molar-refractivity contribution in [2.45, 2.75) is 32.1 Å². The SMILES string of the molecule is O=C(CN1C(=O)COc2ccc(NC(=O)C3CCCCC3)cc21)Nc1ccccc1. The summed E-state index contributed by atoms with van der Waals surface area (Å²) < 4.78 is 5.51. The van der Waals surface area contributed by atoms with Crippen molar-refractivity contribution in [3.63, 3.8) is 0 Å². The zero-order valence-corrected chi connectivity index (χ0v) is 16.7. The molecule has 2 aromatic rings. The molecule has 2 N–H and O–H groups in total. The van der Waals surface area contributed by atoms with Crippen molar-refractivity contribution in [1.29, 1.82) is 0 Å².